The molecule has 0 amide bonds. The molecule has 8 heterocycles. The average Bonchev–Trinajstić information content (AvgIpc) is 0.872. The van der Waals surface area contributed by atoms with E-state index in [2.05, 4.69) is 65.6 Å². The zero-order valence-corrected chi connectivity index (χ0v) is 79.8. The zero-order valence-electron chi connectivity index (χ0n) is 79.8. The van der Waals surface area contributed by atoms with Crippen LogP contribution in [0.4, 0.5) is 0 Å². The maximum atomic E-state index is 12.2. The Morgan fingerprint density at radius 2 is 0.701 bits per heavy atom. The number of fused-ring (bicyclic) bond motifs is 5. The number of carbonyl (C=O) groups is 5. The van der Waals surface area contributed by atoms with Crippen LogP contribution in [0.15, 0.2) is 170 Å². The highest BCUT2D eigenvalue weighted by molar-refractivity contribution is 5.89. The van der Waals surface area contributed by atoms with Gasteiger partial charge in [-0.1, -0.05) is 79.6 Å². The number of ketones is 5. The van der Waals surface area contributed by atoms with Crippen LogP contribution in [0, 0.1) is 34.6 Å². The Morgan fingerprint density at radius 1 is 0.321 bits per heavy atom. The summed E-state index contributed by atoms with van der Waals surface area (Å²) in [7, 11) is 8.95. The standard InChI is InChI=1S/C23H22N2O2.3C23H27NO3.C22H25NO3/c1-15-9-19(14-25(2)23(15)27)17-10-16-6-7-21(26)13-22(16)18(11-17)12-20-5-3-4-8-24-20;1-15-11-17(14-24(2)23(15)26)20-9-7-16-6-8-18(25)12-21(16)22(20)13-19-5-3-4-10-27-19;1-15-9-19(14-24(2)23(15)26)22-13-17-11-20(25)7-6-16(17)10-18(22)12-21-5-3-4-8-27-21;1-15-11-17(13-24(2)23(15)26)20-10-8-16-7-9-18(25)12-21(16)22(20)14-27-19-5-3-4-6-19;1-14-10-16(12-23(2)22(14)25)19-9-7-15-6-8-17(24)11-20(15)21(19)13-26-18-4-3-5-18/h3-5,8-11,14H,6-7,12-13H2,1-2H3;7,9,11,14,19H,3-6,8,10,12-13H2,1-2H3;9-10,13-14,21H,3-8,11-12H2,1-2H3;8,10-11,13,19H,3-7,9,12,14H2,1-2H3;7,9-10,12,18H,3-6,8,11,13H2,1-2H3. The highest BCUT2D eigenvalue weighted by Gasteiger charge is 2.32. The first kappa shape index (κ1) is 95.4. The lowest BCUT2D eigenvalue weighted by atomic mass is 9.81. The second-order valence-corrected chi connectivity index (χ2v) is 38.9. The van der Waals surface area contributed by atoms with Gasteiger partial charge in [-0.3, -0.25) is 52.9 Å². The molecule has 20 nitrogen and oxygen atoms in total. The van der Waals surface area contributed by atoms with Crippen molar-refractivity contribution >= 4 is 28.9 Å². The molecule has 4 fully saturated rings. The first-order valence-electron chi connectivity index (χ1n) is 48.6. The van der Waals surface area contributed by atoms with Crippen LogP contribution in [0.1, 0.15) is 233 Å². The summed E-state index contributed by atoms with van der Waals surface area (Å²) in [5.74, 6) is 1.54. The van der Waals surface area contributed by atoms with E-state index in [-0.39, 0.29) is 40.0 Å². The number of rotatable bonds is 17. The summed E-state index contributed by atoms with van der Waals surface area (Å²) in [4.78, 5) is 125. The summed E-state index contributed by atoms with van der Waals surface area (Å²) in [6, 6.07) is 37.4. The lowest BCUT2D eigenvalue weighted by molar-refractivity contribution is -0.119. The van der Waals surface area contributed by atoms with E-state index in [0.29, 0.717) is 125 Å². The van der Waals surface area contributed by atoms with E-state index in [9.17, 15) is 47.9 Å². The third-order valence-corrected chi connectivity index (χ3v) is 28.9. The first-order chi connectivity index (χ1) is 64.6. The van der Waals surface area contributed by atoms with Gasteiger partial charge in [0.15, 0.2) is 0 Å². The minimum Gasteiger partial charge on any atom is -0.378 e. The normalized spacial score (nSPS) is 17.5. The fraction of sp³-hybridized carbons (Fsp3) is 0.430. The molecule has 9 aliphatic rings. The van der Waals surface area contributed by atoms with Crippen LogP contribution in [0.25, 0.3) is 55.6 Å². The van der Waals surface area contributed by atoms with E-state index in [4.69, 9.17) is 18.9 Å². The van der Waals surface area contributed by atoms with Crippen molar-refractivity contribution < 1.29 is 42.9 Å². The quantitative estimate of drug-likeness (QED) is 0.0822. The average molecular weight is 1810 g/mol. The molecule has 2 unspecified atom stereocenters. The van der Waals surface area contributed by atoms with Crippen LogP contribution in [-0.4, -0.2) is 94.4 Å². The molecule has 20 heteroatoms. The van der Waals surface area contributed by atoms with Crippen LogP contribution in [-0.2, 0) is 175 Å². The molecule has 6 aromatic heterocycles. The second-order valence-electron chi connectivity index (χ2n) is 38.9. The van der Waals surface area contributed by atoms with Gasteiger partial charge in [0, 0.05) is 190 Å². The number of hydrogen-bond donors (Lipinski definition) is 0. The Kier molecular flexibility index (Phi) is 30.5. The SMILES string of the molecule is Cc1cc(-c2cc3c(c(Cc4ccccn4)c2)CC(=O)CC3)cn(C)c1=O.Cc1cc(-c2cc3c(cc2CC2CCCCO2)CCC(=O)C3)cn(C)c1=O.Cc1cc(-c2ccc3c(c2CC2CCCCO2)CC(=O)CC3)cn(C)c1=O.Cc1cc(-c2ccc3c(c2COC2CCC2)CC(=O)CC3)cn(C)c1=O.Cc1cc(-c2ccc3c(c2COC2CCCC2)CC(=O)CC3)cn(C)c1=O. The molecule has 0 radical (unpaired) electrons. The molecule has 2 aliphatic heterocycles. The molecule has 134 heavy (non-hydrogen) atoms. The molecule has 11 aromatic rings. The molecule has 2 saturated carbocycles. The van der Waals surface area contributed by atoms with Crippen molar-refractivity contribution in [1.82, 2.24) is 27.8 Å². The Labute approximate surface area is 785 Å². The molecule has 0 bridgehead atoms. The number of hydrogen-bond acceptors (Lipinski definition) is 15. The van der Waals surface area contributed by atoms with Gasteiger partial charge in [0.05, 0.1) is 37.6 Å². The Hall–Kier alpha value is -11.8. The van der Waals surface area contributed by atoms with Crippen molar-refractivity contribution in [2.24, 2.45) is 35.2 Å². The number of carbonyl (C=O) groups excluding carboxylic acids is 5. The van der Waals surface area contributed by atoms with Gasteiger partial charge in [0.2, 0.25) is 0 Å². The predicted octanol–water partition coefficient (Wildman–Crippen LogP) is 17.8. The molecule has 698 valence electrons. The van der Waals surface area contributed by atoms with Crippen molar-refractivity contribution in [3.05, 3.63) is 315 Å². The maximum Gasteiger partial charge on any atom is 0.253 e. The van der Waals surface area contributed by atoms with Crippen LogP contribution in [0.5, 0.6) is 0 Å². The molecule has 5 aromatic carbocycles. The van der Waals surface area contributed by atoms with Gasteiger partial charge in [-0.15, -0.1) is 0 Å². The van der Waals surface area contributed by atoms with Crippen LogP contribution in [0.2, 0.25) is 0 Å². The van der Waals surface area contributed by atoms with E-state index in [1.165, 1.54) is 76.6 Å². The molecule has 7 aliphatic carbocycles. The van der Waals surface area contributed by atoms with E-state index in [0.717, 1.165) is 238 Å². The largest absolute Gasteiger partial charge is 0.378 e. The van der Waals surface area contributed by atoms with E-state index >= 15 is 0 Å². The highest BCUT2D eigenvalue weighted by atomic mass is 16.5. The topological polar surface area (TPSA) is 245 Å². The van der Waals surface area contributed by atoms with Gasteiger partial charge in [-0.2, -0.15) is 0 Å². The molecule has 0 spiro atoms. The van der Waals surface area contributed by atoms with E-state index in [1.807, 2.05) is 114 Å². The molecular formula is C114H128N6O14. The second kappa shape index (κ2) is 42.8. The summed E-state index contributed by atoms with van der Waals surface area (Å²) in [5, 5.41) is 0. The van der Waals surface area contributed by atoms with Crippen LogP contribution < -0.4 is 27.8 Å². The van der Waals surface area contributed by atoms with E-state index in [1.54, 1.807) is 64.3 Å². The smallest absolute Gasteiger partial charge is 0.253 e. The summed E-state index contributed by atoms with van der Waals surface area (Å²) >= 11 is 0. The van der Waals surface area contributed by atoms with Gasteiger partial charge >= 0.3 is 0 Å². The zero-order chi connectivity index (χ0) is 94.1. The fourth-order valence-corrected chi connectivity index (χ4v) is 21.2. The number of pyridine rings is 6. The lowest BCUT2D eigenvalue weighted by Crippen LogP contribution is -2.24. The Balaban J connectivity index is 0.000000122. The highest BCUT2D eigenvalue weighted by Crippen LogP contribution is 2.41. The molecule has 0 N–H and O–H groups in total. The number of nitrogens with zero attached hydrogens (tertiary/aromatic N) is 6. The van der Waals surface area contributed by atoms with Gasteiger partial charge in [0.25, 0.3) is 27.8 Å². The van der Waals surface area contributed by atoms with Crippen LogP contribution >= 0.6 is 0 Å². The minimum atomic E-state index is 0.0224. The maximum absolute atomic E-state index is 12.2. The van der Waals surface area contributed by atoms with Crippen molar-refractivity contribution in [3.63, 3.8) is 0 Å². The van der Waals surface area contributed by atoms with Gasteiger partial charge in [0.1, 0.15) is 28.9 Å². The Morgan fingerprint density at radius 3 is 1.12 bits per heavy atom. The number of aromatic nitrogens is 6. The summed E-state index contributed by atoms with van der Waals surface area (Å²) in [6.45, 7) is 12.0. The first-order valence-corrected chi connectivity index (χ1v) is 48.6. The van der Waals surface area contributed by atoms with Crippen molar-refractivity contribution in [2.75, 3.05) is 13.2 Å². The van der Waals surface area contributed by atoms with Crippen LogP contribution in [0.3, 0.4) is 0 Å². The monoisotopic (exact) mass is 1800 g/mol. The lowest BCUT2D eigenvalue weighted by Gasteiger charge is -2.28. The molecule has 2 saturated heterocycles. The van der Waals surface area contributed by atoms with Gasteiger partial charge < -0.3 is 41.8 Å². The van der Waals surface area contributed by atoms with E-state index < -0.39 is 0 Å². The van der Waals surface area contributed by atoms with Gasteiger partial charge in [-0.25, -0.2) is 0 Å². The summed E-state index contributed by atoms with van der Waals surface area (Å²) in [6.07, 6.45) is 39.7. The van der Waals surface area contributed by atoms with Gasteiger partial charge in [-0.05, 0) is 332 Å². The number of aryl methyl sites for hydroxylation is 15. The minimum absolute atomic E-state index is 0.0224. The number of Topliss-reactive ketones (excluding diaryl/α,β-unsaturated/α-hetero) is 5. The number of benzene rings is 5. The number of ether oxygens (including phenoxy) is 4. The third kappa shape index (κ3) is 22.5. The summed E-state index contributed by atoms with van der Waals surface area (Å²) in [5.41, 5.74) is 33.5. The summed E-state index contributed by atoms with van der Waals surface area (Å²) < 4.78 is 32.6. The van der Waals surface area contributed by atoms with Crippen molar-refractivity contribution in [1.29, 1.82) is 0 Å². The third-order valence-electron chi connectivity index (χ3n) is 28.9. The van der Waals surface area contributed by atoms with Crippen molar-refractivity contribution in [3.8, 4) is 55.6 Å². The predicted molar refractivity (Wildman–Crippen MR) is 526 cm³/mol. The molecule has 2 atom stereocenters. The molecular weight excluding hydrogens is 1680 g/mol. The molecule has 20 rings (SSSR count). The van der Waals surface area contributed by atoms with Crippen molar-refractivity contribution in [2.45, 2.75) is 271 Å². The fourth-order valence-electron chi connectivity index (χ4n) is 21.2. The Bertz CT molecular complexity index is 6460.